The molecule has 0 bridgehead atoms. The first-order valence-electron chi connectivity index (χ1n) is 5.29. The first-order chi connectivity index (χ1) is 7.27. The summed E-state index contributed by atoms with van der Waals surface area (Å²) in [6.45, 7) is 3.78. The molecule has 2 rings (SSSR count). The number of amides is 1. The SMILES string of the molecule is Cc1cn[nH]c1NC(=O)C1CCNCC1. The van der Waals surface area contributed by atoms with Crippen LogP contribution in [0.2, 0.25) is 0 Å². The molecular formula is C10H16N4O. The van der Waals surface area contributed by atoms with E-state index in [1.807, 2.05) is 6.92 Å². The Bertz CT molecular complexity index is 341. The lowest BCUT2D eigenvalue weighted by molar-refractivity contribution is -0.120. The van der Waals surface area contributed by atoms with Crippen molar-refractivity contribution < 1.29 is 4.79 Å². The van der Waals surface area contributed by atoms with Crippen molar-refractivity contribution in [1.29, 1.82) is 0 Å². The lowest BCUT2D eigenvalue weighted by Crippen LogP contribution is -2.34. The molecule has 0 spiro atoms. The van der Waals surface area contributed by atoms with Crippen LogP contribution in [0.4, 0.5) is 5.82 Å². The van der Waals surface area contributed by atoms with E-state index in [0.717, 1.165) is 37.3 Å². The van der Waals surface area contributed by atoms with Crippen LogP contribution >= 0.6 is 0 Å². The molecule has 1 aromatic heterocycles. The van der Waals surface area contributed by atoms with E-state index < -0.39 is 0 Å². The van der Waals surface area contributed by atoms with Gasteiger partial charge in [0.05, 0.1) is 6.20 Å². The number of hydrogen-bond acceptors (Lipinski definition) is 3. The van der Waals surface area contributed by atoms with Crippen molar-refractivity contribution in [2.24, 2.45) is 5.92 Å². The molecule has 0 aliphatic carbocycles. The van der Waals surface area contributed by atoms with Crippen LogP contribution in [0.3, 0.4) is 0 Å². The van der Waals surface area contributed by atoms with Gasteiger partial charge in [0.2, 0.25) is 5.91 Å². The largest absolute Gasteiger partial charge is 0.317 e. The minimum atomic E-state index is 0.101. The van der Waals surface area contributed by atoms with E-state index in [0.29, 0.717) is 0 Å². The lowest BCUT2D eigenvalue weighted by atomic mass is 9.97. The number of aromatic amines is 1. The van der Waals surface area contributed by atoms with Crippen molar-refractivity contribution in [3.63, 3.8) is 0 Å². The molecule has 0 radical (unpaired) electrons. The predicted octanol–water partition coefficient (Wildman–Crippen LogP) is 0.656. The molecular weight excluding hydrogens is 192 g/mol. The van der Waals surface area contributed by atoms with Crippen LogP contribution in [0.1, 0.15) is 18.4 Å². The van der Waals surface area contributed by atoms with Gasteiger partial charge >= 0.3 is 0 Å². The summed E-state index contributed by atoms with van der Waals surface area (Å²) in [6.07, 6.45) is 3.54. The van der Waals surface area contributed by atoms with Gasteiger partial charge in [-0.15, -0.1) is 0 Å². The van der Waals surface area contributed by atoms with Gasteiger partial charge in [-0.05, 0) is 32.9 Å². The molecule has 1 saturated heterocycles. The summed E-state index contributed by atoms with van der Waals surface area (Å²) in [7, 11) is 0. The quantitative estimate of drug-likeness (QED) is 0.668. The fourth-order valence-corrected chi connectivity index (χ4v) is 1.78. The molecule has 2 heterocycles. The lowest BCUT2D eigenvalue weighted by Gasteiger charge is -2.21. The van der Waals surface area contributed by atoms with Crippen LogP contribution in [0.25, 0.3) is 0 Å². The second kappa shape index (κ2) is 4.44. The summed E-state index contributed by atoms with van der Waals surface area (Å²) in [5, 5.41) is 12.8. The summed E-state index contributed by atoms with van der Waals surface area (Å²) < 4.78 is 0. The van der Waals surface area contributed by atoms with Crippen LogP contribution in [0.5, 0.6) is 0 Å². The highest BCUT2D eigenvalue weighted by Crippen LogP contribution is 2.15. The van der Waals surface area contributed by atoms with E-state index in [9.17, 15) is 4.79 Å². The number of carbonyl (C=O) groups is 1. The van der Waals surface area contributed by atoms with Gasteiger partial charge in [0.25, 0.3) is 0 Å². The Balaban J connectivity index is 1.94. The Kier molecular flexibility index (Phi) is 3.01. The van der Waals surface area contributed by atoms with Crippen LogP contribution in [0.15, 0.2) is 6.20 Å². The number of anilines is 1. The minimum absolute atomic E-state index is 0.101. The third-order valence-electron chi connectivity index (χ3n) is 2.79. The third kappa shape index (κ3) is 2.36. The Hall–Kier alpha value is -1.36. The maximum absolute atomic E-state index is 11.8. The van der Waals surface area contributed by atoms with E-state index in [-0.39, 0.29) is 11.8 Å². The molecule has 15 heavy (non-hydrogen) atoms. The normalized spacial score (nSPS) is 17.7. The summed E-state index contributed by atoms with van der Waals surface area (Å²) in [5.74, 6) is 0.955. The predicted molar refractivity (Wildman–Crippen MR) is 57.5 cm³/mol. The van der Waals surface area contributed by atoms with Crippen molar-refractivity contribution >= 4 is 11.7 Å². The molecule has 3 N–H and O–H groups in total. The van der Waals surface area contributed by atoms with Crippen LogP contribution in [-0.2, 0) is 4.79 Å². The van der Waals surface area contributed by atoms with Gasteiger partial charge in [-0.25, -0.2) is 0 Å². The van der Waals surface area contributed by atoms with Gasteiger partial charge in [-0.2, -0.15) is 5.10 Å². The Morgan fingerprint density at radius 1 is 1.53 bits per heavy atom. The van der Waals surface area contributed by atoms with E-state index in [1.165, 1.54) is 0 Å². The van der Waals surface area contributed by atoms with Crippen LogP contribution in [-0.4, -0.2) is 29.2 Å². The fraction of sp³-hybridized carbons (Fsp3) is 0.600. The fourth-order valence-electron chi connectivity index (χ4n) is 1.78. The molecule has 0 atom stereocenters. The first-order valence-corrected chi connectivity index (χ1v) is 5.29. The molecule has 1 aromatic rings. The number of aromatic nitrogens is 2. The van der Waals surface area contributed by atoms with Gasteiger partial charge in [0.1, 0.15) is 5.82 Å². The molecule has 1 aliphatic rings. The zero-order chi connectivity index (χ0) is 10.7. The van der Waals surface area contributed by atoms with Gasteiger partial charge in [-0.3, -0.25) is 9.89 Å². The maximum Gasteiger partial charge on any atom is 0.228 e. The number of aryl methyl sites for hydroxylation is 1. The number of nitrogens with zero attached hydrogens (tertiary/aromatic N) is 1. The standard InChI is InChI=1S/C10H16N4O/c1-7-6-12-14-9(7)13-10(15)8-2-4-11-5-3-8/h6,8,11H,2-5H2,1H3,(H2,12,13,14,15). The van der Waals surface area contributed by atoms with Crippen LogP contribution in [0, 0.1) is 12.8 Å². The van der Waals surface area contributed by atoms with Crippen molar-refractivity contribution in [2.45, 2.75) is 19.8 Å². The second-order valence-corrected chi connectivity index (χ2v) is 3.94. The van der Waals surface area contributed by atoms with Crippen LogP contribution < -0.4 is 10.6 Å². The molecule has 82 valence electrons. The highest BCUT2D eigenvalue weighted by Gasteiger charge is 2.21. The third-order valence-corrected chi connectivity index (χ3v) is 2.79. The van der Waals surface area contributed by atoms with Crippen molar-refractivity contribution in [1.82, 2.24) is 15.5 Å². The Labute approximate surface area is 88.6 Å². The second-order valence-electron chi connectivity index (χ2n) is 3.94. The van der Waals surface area contributed by atoms with Gasteiger partial charge in [0, 0.05) is 11.5 Å². The zero-order valence-electron chi connectivity index (χ0n) is 8.84. The minimum Gasteiger partial charge on any atom is -0.317 e. The highest BCUT2D eigenvalue weighted by atomic mass is 16.2. The Morgan fingerprint density at radius 2 is 2.27 bits per heavy atom. The number of piperidine rings is 1. The molecule has 5 nitrogen and oxygen atoms in total. The number of H-pyrrole nitrogens is 1. The summed E-state index contributed by atoms with van der Waals surface area (Å²) in [6, 6.07) is 0. The average molecular weight is 208 g/mol. The molecule has 1 aliphatic heterocycles. The first kappa shape index (κ1) is 10.2. The number of rotatable bonds is 2. The van der Waals surface area contributed by atoms with E-state index in [4.69, 9.17) is 0 Å². The summed E-state index contributed by atoms with van der Waals surface area (Å²) in [5.41, 5.74) is 0.970. The molecule has 0 unspecified atom stereocenters. The summed E-state index contributed by atoms with van der Waals surface area (Å²) >= 11 is 0. The monoisotopic (exact) mass is 208 g/mol. The average Bonchev–Trinajstić information content (AvgIpc) is 2.66. The van der Waals surface area contributed by atoms with E-state index in [2.05, 4.69) is 20.8 Å². The number of carbonyl (C=O) groups excluding carboxylic acids is 1. The topological polar surface area (TPSA) is 69.8 Å². The van der Waals surface area contributed by atoms with Gasteiger partial charge < -0.3 is 10.6 Å². The summed E-state index contributed by atoms with van der Waals surface area (Å²) in [4.78, 5) is 11.8. The van der Waals surface area contributed by atoms with Crippen molar-refractivity contribution in [3.05, 3.63) is 11.8 Å². The molecule has 1 amide bonds. The van der Waals surface area contributed by atoms with Crippen molar-refractivity contribution in [2.75, 3.05) is 18.4 Å². The highest BCUT2D eigenvalue weighted by molar-refractivity contribution is 5.92. The smallest absolute Gasteiger partial charge is 0.228 e. The van der Waals surface area contributed by atoms with Gasteiger partial charge in [-0.1, -0.05) is 0 Å². The molecule has 0 saturated carbocycles. The van der Waals surface area contributed by atoms with E-state index >= 15 is 0 Å². The van der Waals surface area contributed by atoms with E-state index in [1.54, 1.807) is 6.20 Å². The molecule has 1 fully saturated rings. The molecule has 0 aromatic carbocycles. The number of hydrogen-bond donors (Lipinski definition) is 3. The van der Waals surface area contributed by atoms with Gasteiger partial charge in [0.15, 0.2) is 0 Å². The van der Waals surface area contributed by atoms with Crippen molar-refractivity contribution in [3.8, 4) is 0 Å². The Morgan fingerprint density at radius 3 is 2.87 bits per heavy atom. The molecule has 5 heteroatoms. The number of nitrogens with one attached hydrogen (secondary N) is 3. The maximum atomic E-state index is 11.8. The zero-order valence-corrected chi connectivity index (χ0v) is 8.84.